The first kappa shape index (κ1) is 11.9. The van der Waals surface area contributed by atoms with Gasteiger partial charge in [0.1, 0.15) is 6.07 Å². The van der Waals surface area contributed by atoms with Crippen molar-refractivity contribution >= 4 is 0 Å². The molecule has 0 amide bonds. The first-order valence-corrected chi connectivity index (χ1v) is 6.22. The summed E-state index contributed by atoms with van der Waals surface area (Å²) >= 11 is 0. The van der Waals surface area contributed by atoms with Crippen LogP contribution in [0.25, 0.3) is 0 Å². The normalized spacial score (nSPS) is 28.4. The Morgan fingerprint density at radius 2 is 2.18 bits per heavy atom. The summed E-state index contributed by atoms with van der Waals surface area (Å²) in [5, 5.41) is 8.95. The van der Waals surface area contributed by atoms with E-state index >= 15 is 0 Å². The van der Waals surface area contributed by atoms with E-state index in [9.17, 15) is 0 Å². The molecule has 90 valence electrons. The Kier molecular flexibility index (Phi) is 3.63. The highest BCUT2D eigenvalue weighted by Gasteiger charge is 2.26. The van der Waals surface area contributed by atoms with Gasteiger partial charge in [-0.2, -0.15) is 5.26 Å². The highest BCUT2D eigenvalue weighted by Crippen LogP contribution is 2.32. The van der Waals surface area contributed by atoms with Gasteiger partial charge >= 0.3 is 0 Å². The van der Waals surface area contributed by atoms with Crippen molar-refractivity contribution in [2.75, 3.05) is 0 Å². The van der Waals surface area contributed by atoms with Gasteiger partial charge in [0.15, 0.2) is 11.4 Å². The summed E-state index contributed by atoms with van der Waals surface area (Å²) < 4.78 is 5.91. The van der Waals surface area contributed by atoms with Gasteiger partial charge in [0.25, 0.3) is 0 Å². The monoisotopic (exact) mass is 230 g/mol. The lowest BCUT2D eigenvalue weighted by molar-refractivity contribution is 0.0999. The molecule has 1 aromatic rings. The Balaban J connectivity index is 2.04. The predicted octanol–water partition coefficient (Wildman–Crippen LogP) is 3.16. The maximum absolute atomic E-state index is 8.95. The van der Waals surface area contributed by atoms with Gasteiger partial charge in [-0.15, -0.1) is 0 Å². The zero-order valence-electron chi connectivity index (χ0n) is 10.4. The van der Waals surface area contributed by atoms with Crippen LogP contribution in [-0.2, 0) is 0 Å². The van der Waals surface area contributed by atoms with Crippen molar-refractivity contribution in [2.45, 2.75) is 39.2 Å². The molecule has 1 aromatic heterocycles. The number of nitriles is 1. The van der Waals surface area contributed by atoms with Gasteiger partial charge in [0, 0.05) is 6.20 Å². The first-order valence-electron chi connectivity index (χ1n) is 6.22. The summed E-state index contributed by atoms with van der Waals surface area (Å²) in [4.78, 5) is 4.01. The fourth-order valence-electron chi connectivity index (χ4n) is 2.35. The van der Waals surface area contributed by atoms with Crippen molar-refractivity contribution in [1.82, 2.24) is 4.98 Å². The third kappa shape index (κ3) is 2.76. The lowest BCUT2D eigenvalue weighted by Crippen LogP contribution is -2.29. The van der Waals surface area contributed by atoms with Crippen molar-refractivity contribution in [3.63, 3.8) is 0 Å². The molecule has 3 unspecified atom stereocenters. The first-order chi connectivity index (χ1) is 8.20. The molecule has 0 radical (unpaired) electrons. The summed E-state index contributed by atoms with van der Waals surface area (Å²) in [7, 11) is 0. The van der Waals surface area contributed by atoms with E-state index < -0.39 is 0 Å². The van der Waals surface area contributed by atoms with Crippen LogP contribution < -0.4 is 4.74 Å². The van der Waals surface area contributed by atoms with Crippen molar-refractivity contribution in [3.8, 4) is 11.8 Å². The average molecular weight is 230 g/mol. The third-order valence-corrected chi connectivity index (χ3v) is 3.72. The SMILES string of the molecule is CC1CCC(Oc2cccnc2C#N)CC1C. The molecule has 17 heavy (non-hydrogen) atoms. The maximum atomic E-state index is 8.95. The van der Waals surface area contributed by atoms with Gasteiger partial charge in [-0.3, -0.25) is 0 Å². The molecule has 0 spiro atoms. The van der Waals surface area contributed by atoms with E-state index in [1.165, 1.54) is 6.42 Å². The number of aromatic nitrogens is 1. The topological polar surface area (TPSA) is 45.9 Å². The Morgan fingerprint density at radius 1 is 1.35 bits per heavy atom. The largest absolute Gasteiger partial charge is 0.487 e. The Hall–Kier alpha value is -1.56. The molecule has 1 aliphatic rings. The molecule has 0 N–H and O–H groups in total. The van der Waals surface area contributed by atoms with E-state index in [1.807, 2.05) is 12.1 Å². The fraction of sp³-hybridized carbons (Fsp3) is 0.571. The van der Waals surface area contributed by atoms with Crippen LogP contribution >= 0.6 is 0 Å². The fourth-order valence-corrected chi connectivity index (χ4v) is 2.35. The minimum absolute atomic E-state index is 0.234. The molecule has 0 bridgehead atoms. The number of nitrogens with zero attached hydrogens (tertiary/aromatic N) is 2. The molecular weight excluding hydrogens is 212 g/mol. The van der Waals surface area contributed by atoms with Gasteiger partial charge in [0.2, 0.25) is 0 Å². The van der Waals surface area contributed by atoms with Crippen LogP contribution in [0.5, 0.6) is 5.75 Å². The maximum Gasteiger partial charge on any atom is 0.182 e. The van der Waals surface area contributed by atoms with Crippen LogP contribution in [0.3, 0.4) is 0 Å². The van der Waals surface area contributed by atoms with Crippen LogP contribution in [0.1, 0.15) is 38.8 Å². The summed E-state index contributed by atoms with van der Waals surface area (Å²) in [6.45, 7) is 4.57. The molecule has 1 saturated carbocycles. The van der Waals surface area contributed by atoms with Crippen LogP contribution in [-0.4, -0.2) is 11.1 Å². The van der Waals surface area contributed by atoms with Crippen molar-refractivity contribution in [1.29, 1.82) is 5.26 Å². The summed E-state index contributed by atoms with van der Waals surface area (Å²) in [6, 6.07) is 5.71. The van der Waals surface area contributed by atoms with Crippen LogP contribution in [0.15, 0.2) is 18.3 Å². The van der Waals surface area contributed by atoms with Crippen molar-refractivity contribution in [3.05, 3.63) is 24.0 Å². The minimum Gasteiger partial charge on any atom is -0.487 e. The molecule has 1 fully saturated rings. The van der Waals surface area contributed by atoms with Crippen molar-refractivity contribution < 1.29 is 4.74 Å². The van der Waals surface area contributed by atoms with Gasteiger partial charge in [-0.05, 0) is 43.2 Å². The summed E-state index contributed by atoms with van der Waals surface area (Å²) in [5.74, 6) is 2.09. The number of rotatable bonds is 2. The molecule has 3 atom stereocenters. The Morgan fingerprint density at radius 3 is 2.88 bits per heavy atom. The second-order valence-electron chi connectivity index (χ2n) is 4.97. The second-order valence-corrected chi connectivity index (χ2v) is 4.97. The zero-order valence-corrected chi connectivity index (χ0v) is 10.4. The average Bonchev–Trinajstić information content (AvgIpc) is 2.34. The quantitative estimate of drug-likeness (QED) is 0.784. The zero-order chi connectivity index (χ0) is 12.3. The third-order valence-electron chi connectivity index (χ3n) is 3.72. The van der Waals surface area contributed by atoms with Crippen LogP contribution in [0, 0.1) is 23.2 Å². The molecule has 2 rings (SSSR count). The van der Waals surface area contributed by atoms with Gasteiger partial charge in [-0.1, -0.05) is 13.8 Å². The highest BCUT2D eigenvalue weighted by atomic mass is 16.5. The Labute approximate surface area is 102 Å². The Bertz CT molecular complexity index is 424. The molecule has 1 aliphatic carbocycles. The molecule has 3 heteroatoms. The lowest BCUT2D eigenvalue weighted by atomic mass is 9.80. The minimum atomic E-state index is 0.234. The number of hydrogen-bond acceptors (Lipinski definition) is 3. The molecule has 0 aromatic carbocycles. The number of pyridine rings is 1. The van der Waals surface area contributed by atoms with Crippen LogP contribution in [0.2, 0.25) is 0 Å². The van der Waals surface area contributed by atoms with Crippen molar-refractivity contribution in [2.24, 2.45) is 11.8 Å². The molecule has 0 aliphatic heterocycles. The molecule has 1 heterocycles. The van der Waals surface area contributed by atoms with E-state index in [-0.39, 0.29) is 6.10 Å². The smallest absolute Gasteiger partial charge is 0.182 e. The number of hydrogen-bond donors (Lipinski definition) is 0. The van der Waals surface area contributed by atoms with E-state index in [2.05, 4.69) is 24.9 Å². The van der Waals surface area contributed by atoms with Gasteiger partial charge in [-0.25, -0.2) is 4.98 Å². The highest BCUT2D eigenvalue weighted by molar-refractivity contribution is 5.36. The molecule has 3 nitrogen and oxygen atoms in total. The van der Waals surface area contributed by atoms with E-state index in [0.717, 1.165) is 18.8 Å². The summed E-state index contributed by atoms with van der Waals surface area (Å²) in [6.07, 6.45) is 5.20. The van der Waals surface area contributed by atoms with E-state index in [4.69, 9.17) is 10.00 Å². The predicted molar refractivity (Wildman–Crippen MR) is 65.5 cm³/mol. The summed E-state index contributed by atoms with van der Waals surface area (Å²) in [5.41, 5.74) is 0.388. The van der Waals surface area contributed by atoms with Gasteiger partial charge in [0.05, 0.1) is 6.10 Å². The second kappa shape index (κ2) is 5.18. The molecule has 0 saturated heterocycles. The molecular formula is C14H18N2O. The van der Waals surface area contributed by atoms with E-state index in [0.29, 0.717) is 17.4 Å². The van der Waals surface area contributed by atoms with Crippen LogP contribution in [0.4, 0.5) is 0 Å². The number of ether oxygens (including phenoxy) is 1. The standard InChI is InChI=1S/C14H18N2O/c1-10-5-6-12(8-11(10)2)17-14-4-3-7-16-13(14)9-15/h3-4,7,10-12H,5-6,8H2,1-2H3. The van der Waals surface area contributed by atoms with E-state index in [1.54, 1.807) is 6.20 Å². The van der Waals surface area contributed by atoms with Gasteiger partial charge < -0.3 is 4.74 Å². The lowest BCUT2D eigenvalue weighted by Gasteiger charge is -2.32.